The van der Waals surface area contributed by atoms with Crippen LogP contribution in [0.3, 0.4) is 0 Å². The summed E-state index contributed by atoms with van der Waals surface area (Å²) < 4.78 is 0. The molecule has 2 saturated heterocycles. The molecule has 0 bridgehead atoms. The molecule has 3 heteroatoms. The SMILES string of the molecule is C1CNCCC(C2CNCN2)C1. The van der Waals surface area contributed by atoms with Crippen molar-refractivity contribution in [2.45, 2.75) is 25.3 Å². The van der Waals surface area contributed by atoms with Crippen LogP contribution in [0.5, 0.6) is 0 Å². The molecule has 3 N–H and O–H groups in total. The van der Waals surface area contributed by atoms with Gasteiger partial charge in [-0.1, -0.05) is 0 Å². The molecule has 3 nitrogen and oxygen atoms in total. The van der Waals surface area contributed by atoms with Crippen molar-refractivity contribution >= 4 is 0 Å². The quantitative estimate of drug-likeness (QED) is 0.513. The lowest BCUT2D eigenvalue weighted by Crippen LogP contribution is -2.33. The molecule has 2 aliphatic rings. The van der Waals surface area contributed by atoms with Crippen LogP contribution in [0, 0.1) is 5.92 Å². The third-order valence-corrected chi connectivity index (χ3v) is 3.04. The zero-order valence-corrected chi connectivity index (χ0v) is 7.60. The first-order chi connectivity index (χ1) is 5.97. The van der Waals surface area contributed by atoms with Crippen LogP contribution in [0.4, 0.5) is 0 Å². The Morgan fingerprint density at radius 3 is 2.83 bits per heavy atom. The highest BCUT2D eigenvalue weighted by atomic mass is 15.2. The van der Waals surface area contributed by atoms with E-state index >= 15 is 0 Å². The van der Waals surface area contributed by atoms with Gasteiger partial charge >= 0.3 is 0 Å². The zero-order chi connectivity index (χ0) is 8.23. The van der Waals surface area contributed by atoms with Crippen molar-refractivity contribution in [1.29, 1.82) is 0 Å². The highest BCUT2D eigenvalue weighted by Crippen LogP contribution is 2.18. The van der Waals surface area contributed by atoms with E-state index in [9.17, 15) is 0 Å². The second-order valence-corrected chi connectivity index (χ2v) is 3.88. The maximum Gasteiger partial charge on any atom is 0.0457 e. The van der Waals surface area contributed by atoms with E-state index in [1.807, 2.05) is 0 Å². The monoisotopic (exact) mass is 169 g/mol. The molecular formula is C9H19N3. The van der Waals surface area contributed by atoms with Crippen LogP contribution >= 0.6 is 0 Å². The van der Waals surface area contributed by atoms with Gasteiger partial charge in [0, 0.05) is 19.3 Å². The minimum atomic E-state index is 0.741. The highest BCUT2D eigenvalue weighted by Gasteiger charge is 2.24. The Labute approximate surface area is 74.3 Å². The molecule has 2 rings (SSSR count). The van der Waals surface area contributed by atoms with Crippen LogP contribution in [0.15, 0.2) is 0 Å². The number of hydrogen-bond donors (Lipinski definition) is 3. The van der Waals surface area contributed by atoms with Gasteiger partial charge in [-0.3, -0.25) is 0 Å². The summed E-state index contributed by atoms with van der Waals surface area (Å²) in [6, 6.07) is 0.741. The van der Waals surface area contributed by atoms with E-state index in [0.29, 0.717) is 0 Å². The van der Waals surface area contributed by atoms with Gasteiger partial charge in [0.1, 0.15) is 0 Å². The fourth-order valence-corrected chi connectivity index (χ4v) is 2.28. The smallest absolute Gasteiger partial charge is 0.0457 e. The maximum absolute atomic E-state index is 3.52. The van der Waals surface area contributed by atoms with Gasteiger partial charge in [0.2, 0.25) is 0 Å². The van der Waals surface area contributed by atoms with Gasteiger partial charge in [-0.15, -0.1) is 0 Å². The first-order valence-electron chi connectivity index (χ1n) is 5.11. The van der Waals surface area contributed by atoms with Crippen molar-refractivity contribution in [3.05, 3.63) is 0 Å². The van der Waals surface area contributed by atoms with Crippen LogP contribution < -0.4 is 16.0 Å². The minimum Gasteiger partial charge on any atom is -0.317 e. The van der Waals surface area contributed by atoms with Crippen LogP contribution in [0.1, 0.15) is 19.3 Å². The summed E-state index contributed by atoms with van der Waals surface area (Å²) in [6.07, 6.45) is 4.09. The average Bonchev–Trinajstić information content (AvgIpc) is 2.48. The van der Waals surface area contributed by atoms with Crippen LogP contribution in [0.2, 0.25) is 0 Å². The van der Waals surface area contributed by atoms with Gasteiger partial charge in [0.05, 0.1) is 0 Å². The lowest BCUT2D eigenvalue weighted by Gasteiger charge is -2.20. The molecule has 0 spiro atoms. The van der Waals surface area contributed by atoms with E-state index in [0.717, 1.165) is 18.6 Å². The Hall–Kier alpha value is -0.120. The van der Waals surface area contributed by atoms with Crippen molar-refractivity contribution < 1.29 is 0 Å². The molecule has 0 aliphatic carbocycles. The Balaban J connectivity index is 1.83. The molecule has 2 atom stereocenters. The molecule has 2 unspecified atom stereocenters. The third-order valence-electron chi connectivity index (χ3n) is 3.04. The number of rotatable bonds is 1. The molecule has 0 radical (unpaired) electrons. The highest BCUT2D eigenvalue weighted by molar-refractivity contribution is 4.84. The Morgan fingerprint density at radius 2 is 2.00 bits per heavy atom. The number of nitrogens with one attached hydrogen (secondary N) is 3. The molecule has 2 heterocycles. The molecule has 70 valence electrons. The molecule has 2 aliphatic heterocycles. The largest absolute Gasteiger partial charge is 0.317 e. The molecule has 0 amide bonds. The van der Waals surface area contributed by atoms with E-state index in [-0.39, 0.29) is 0 Å². The average molecular weight is 169 g/mol. The first kappa shape index (κ1) is 8.48. The molecule has 0 aromatic rings. The molecule has 0 saturated carbocycles. The summed E-state index contributed by atoms with van der Waals surface area (Å²) in [7, 11) is 0. The first-order valence-corrected chi connectivity index (χ1v) is 5.11. The van der Waals surface area contributed by atoms with Gasteiger partial charge in [0.15, 0.2) is 0 Å². The van der Waals surface area contributed by atoms with E-state index in [4.69, 9.17) is 0 Å². The van der Waals surface area contributed by atoms with Crippen LogP contribution in [-0.4, -0.2) is 32.3 Å². The van der Waals surface area contributed by atoms with E-state index < -0.39 is 0 Å². The molecule has 0 aromatic heterocycles. The lowest BCUT2D eigenvalue weighted by atomic mass is 9.93. The van der Waals surface area contributed by atoms with Gasteiger partial charge in [-0.05, 0) is 38.3 Å². The van der Waals surface area contributed by atoms with Crippen molar-refractivity contribution in [2.75, 3.05) is 26.3 Å². The maximum atomic E-state index is 3.52. The predicted octanol–water partition coefficient (Wildman–Crippen LogP) is -0.105. The summed E-state index contributed by atoms with van der Waals surface area (Å²) in [4.78, 5) is 0. The van der Waals surface area contributed by atoms with Crippen LogP contribution in [-0.2, 0) is 0 Å². The van der Waals surface area contributed by atoms with Gasteiger partial charge in [0.25, 0.3) is 0 Å². The van der Waals surface area contributed by atoms with Crippen molar-refractivity contribution in [3.8, 4) is 0 Å². The normalized spacial score (nSPS) is 38.0. The summed E-state index contributed by atoms with van der Waals surface area (Å²) in [5.41, 5.74) is 0. The topological polar surface area (TPSA) is 36.1 Å². The van der Waals surface area contributed by atoms with Gasteiger partial charge in [-0.2, -0.15) is 0 Å². The number of hydrogen-bond acceptors (Lipinski definition) is 3. The lowest BCUT2D eigenvalue weighted by molar-refractivity contribution is 0.369. The minimum absolute atomic E-state index is 0.741. The van der Waals surface area contributed by atoms with E-state index in [1.165, 1.54) is 38.9 Å². The Kier molecular flexibility index (Phi) is 2.98. The molecular weight excluding hydrogens is 150 g/mol. The van der Waals surface area contributed by atoms with Crippen molar-refractivity contribution in [1.82, 2.24) is 16.0 Å². The van der Waals surface area contributed by atoms with Crippen molar-refractivity contribution in [3.63, 3.8) is 0 Å². The standard InChI is InChI=1S/C9H19N3/c1-2-8(3-5-10-4-1)9-6-11-7-12-9/h8-12H,1-7H2. The fraction of sp³-hybridized carbons (Fsp3) is 1.00. The predicted molar refractivity (Wildman–Crippen MR) is 50.0 cm³/mol. The summed E-state index contributed by atoms with van der Waals surface area (Å²) in [5, 5.41) is 10.3. The van der Waals surface area contributed by atoms with Gasteiger partial charge in [-0.25, -0.2) is 0 Å². The van der Waals surface area contributed by atoms with E-state index in [1.54, 1.807) is 0 Å². The third kappa shape index (κ3) is 1.97. The second-order valence-electron chi connectivity index (χ2n) is 3.88. The van der Waals surface area contributed by atoms with Crippen LogP contribution in [0.25, 0.3) is 0 Å². The molecule has 0 aromatic carbocycles. The second kappa shape index (κ2) is 4.21. The molecule has 2 fully saturated rings. The summed E-state index contributed by atoms with van der Waals surface area (Å²) >= 11 is 0. The van der Waals surface area contributed by atoms with Crippen molar-refractivity contribution in [2.24, 2.45) is 5.92 Å². The molecule has 12 heavy (non-hydrogen) atoms. The summed E-state index contributed by atoms with van der Waals surface area (Å²) in [5.74, 6) is 0.898. The van der Waals surface area contributed by atoms with E-state index in [2.05, 4.69) is 16.0 Å². The zero-order valence-electron chi connectivity index (χ0n) is 7.60. The Morgan fingerprint density at radius 1 is 1.00 bits per heavy atom. The summed E-state index contributed by atoms with van der Waals surface area (Å²) in [6.45, 7) is 4.61. The van der Waals surface area contributed by atoms with Gasteiger partial charge < -0.3 is 16.0 Å². The fourth-order valence-electron chi connectivity index (χ4n) is 2.28. The Bertz CT molecular complexity index is 124.